The zero-order valence-electron chi connectivity index (χ0n) is 19.1. The van der Waals surface area contributed by atoms with Gasteiger partial charge in [-0.2, -0.15) is 5.10 Å². The summed E-state index contributed by atoms with van der Waals surface area (Å²) in [6.07, 6.45) is 11.6. The number of aromatic nitrogens is 2. The second kappa shape index (κ2) is 10.1. The monoisotopic (exact) mass is 444 g/mol. The van der Waals surface area contributed by atoms with Gasteiger partial charge in [-0.3, -0.25) is 10.1 Å². The smallest absolute Gasteiger partial charge is 0.131 e. The van der Waals surface area contributed by atoms with E-state index >= 15 is 0 Å². The number of nitrogens with zero attached hydrogens (tertiary/aromatic N) is 3. The molecule has 5 N–H and O–H groups in total. The summed E-state index contributed by atoms with van der Waals surface area (Å²) in [5.41, 5.74) is 7.08. The topological polar surface area (TPSA) is 115 Å². The Morgan fingerprint density at radius 2 is 1.94 bits per heavy atom. The fraction of sp³-hybridized carbons (Fsp3) is 0.423. The van der Waals surface area contributed by atoms with E-state index in [4.69, 9.17) is 16.6 Å². The van der Waals surface area contributed by atoms with Gasteiger partial charge in [0.2, 0.25) is 0 Å². The molecule has 1 aliphatic carbocycles. The molecule has 2 aromatic rings. The molecule has 33 heavy (non-hydrogen) atoms. The minimum absolute atomic E-state index is 0.00314. The number of piperidine rings is 1. The Kier molecular flexibility index (Phi) is 6.95. The van der Waals surface area contributed by atoms with Crippen LogP contribution in [-0.2, 0) is 0 Å². The van der Waals surface area contributed by atoms with E-state index in [1.807, 2.05) is 10.9 Å². The van der Waals surface area contributed by atoms with Crippen molar-refractivity contribution in [3.8, 4) is 17.6 Å². The van der Waals surface area contributed by atoms with Crippen molar-refractivity contribution in [1.29, 1.82) is 10.8 Å². The van der Waals surface area contributed by atoms with Crippen molar-refractivity contribution < 1.29 is 5.11 Å². The molecule has 7 heteroatoms. The highest BCUT2D eigenvalue weighted by molar-refractivity contribution is 6.14. The number of para-hydroxylation sites is 1. The van der Waals surface area contributed by atoms with Crippen LogP contribution < -0.4 is 5.73 Å². The highest BCUT2D eigenvalue weighted by Gasteiger charge is 2.31. The lowest BCUT2D eigenvalue weighted by atomic mass is 9.85. The molecule has 172 valence electrons. The summed E-state index contributed by atoms with van der Waals surface area (Å²) in [5.74, 6) is 6.31. The van der Waals surface area contributed by atoms with E-state index in [9.17, 15) is 5.11 Å². The maximum atomic E-state index is 9.95. The second-order valence-electron chi connectivity index (χ2n) is 9.06. The fourth-order valence-corrected chi connectivity index (χ4v) is 4.60. The van der Waals surface area contributed by atoms with Crippen molar-refractivity contribution in [3.05, 3.63) is 59.4 Å². The summed E-state index contributed by atoms with van der Waals surface area (Å²) in [7, 11) is 0. The number of benzene rings is 1. The van der Waals surface area contributed by atoms with Crippen molar-refractivity contribution in [1.82, 2.24) is 14.7 Å². The number of hydrogen-bond donors (Lipinski definition) is 4. The predicted octanol–water partition coefficient (Wildman–Crippen LogP) is 3.70. The lowest BCUT2D eigenvalue weighted by molar-refractivity contribution is 0.0713. The Hall–Kier alpha value is -3.37. The summed E-state index contributed by atoms with van der Waals surface area (Å²) in [5, 5.41) is 30.5. The number of phenols is 1. The number of nitrogens with one attached hydrogen (secondary N) is 2. The van der Waals surface area contributed by atoms with Crippen LogP contribution in [0.15, 0.2) is 48.3 Å². The van der Waals surface area contributed by atoms with Crippen LogP contribution in [0.2, 0.25) is 0 Å². The first kappa shape index (κ1) is 22.8. The van der Waals surface area contributed by atoms with E-state index in [0.29, 0.717) is 17.5 Å². The number of allylic oxidation sites excluding steroid dienone is 1. The molecule has 0 spiro atoms. The summed E-state index contributed by atoms with van der Waals surface area (Å²) in [6, 6.07) is 7.72. The average Bonchev–Trinajstić information content (AvgIpc) is 3.24. The first-order valence-corrected chi connectivity index (χ1v) is 11.7. The molecule has 1 aromatic carbocycles. The molecule has 7 nitrogen and oxygen atoms in total. The van der Waals surface area contributed by atoms with Crippen LogP contribution in [0.25, 0.3) is 0 Å². The molecule has 1 aromatic heterocycles. The summed E-state index contributed by atoms with van der Waals surface area (Å²) in [6.45, 7) is 4.59. The number of hydrogen-bond acceptors (Lipinski definition) is 5. The van der Waals surface area contributed by atoms with Crippen LogP contribution in [0.4, 0.5) is 0 Å². The molecule has 0 radical (unpaired) electrons. The molecule has 1 unspecified atom stereocenters. The van der Waals surface area contributed by atoms with Gasteiger partial charge in [-0.1, -0.05) is 30.4 Å². The van der Waals surface area contributed by atoms with Crippen LogP contribution in [0.5, 0.6) is 5.75 Å². The van der Waals surface area contributed by atoms with Gasteiger partial charge in [0.05, 0.1) is 29.1 Å². The van der Waals surface area contributed by atoms with E-state index in [2.05, 4.69) is 28.8 Å². The molecule has 2 aliphatic rings. The van der Waals surface area contributed by atoms with E-state index in [1.165, 1.54) is 57.3 Å². The second-order valence-corrected chi connectivity index (χ2v) is 9.06. The Morgan fingerprint density at radius 3 is 2.58 bits per heavy atom. The van der Waals surface area contributed by atoms with Crippen LogP contribution in [-0.4, -0.2) is 50.5 Å². The number of rotatable bonds is 6. The molecule has 1 saturated heterocycles. The van der Waals surface area contributed by atoms with Crippen LogP contribution in [0.3, 0.4) is 0 Å². The number of nitrogens with two attached hydrogens (primary N) is 1. The van der Waals surface area contributed by atoms with Gasteiger partial charge in [-0.15, -0.1) is 0 Å². The molecule has 1 atom stereocenters. The van der Waals surface area contributed by atoms with Crippen LogP contribution in [0.1, 0.15) is 56.2 Å². The minimum Gasteiger partial charge on any atom is -0.507 e. The molecule has 4 rings (SSSR count). The van der Waals surface area contributed by atoms with Crippen LogP contribution in [0, 0.1) is 28.6 Å². The maximum Gasteiger partial charge on any atom is 0.131 e. The molecular formula is C26H32N6O. The van der Waals surface area contributed by atoms with Gasteiger partial charge >= 0.3 is 0 Å². The van der Waals surface area contributed by atoms with Gasteiger partial charge in [-0.05, 0) is 69.8 Å². The zero-order chi connectivity index (χ0) is 23.4. The Balaban J connectivity index is 1.42. The first-order valence-electron chi connectivity index (χ1n) is 11.7. The maximum absolute atomic E-state index is 9.95. The van der Waals surface area contributed by atoms with Crippen LogP contribution >= 0.6 is 0 Å². The SMILES string of the molecule is CC(C1CCN(C2CCC2)CC1)n1cc(C#C/C(=C/C(=N)c2ccccc2O)C(=N)N)cn1. The largest absolute Gasteiger partial charge is 0.507 e. The minimum atomic E-state index is -0.221. The third-order valence-corrected chi connectivity index (χ3v) is 6.98. The summed E-state index contributed by atoms with van der Waals surface area (Å²) >= 11 is 0. The molecule has 0 amide bonds. The molecule has 1 aliphatic heterocycles. The van der Waals surface area contributed by atoms with Gasteiger partial charge in [0.15, 0.2) is 0 Å². The van der Waals surface area contributed by atoms with E-state index in [-0.39, 0.29) is 22.9 Å². The third kappa shape index (κ3) is 5.35. The number of likely N-dealkylation sites (tertiary alicyclic amines) is 1. The molecule has 0 bridgehead atoms. The lowest BCUT2D eigenvalue weighted by Gasteiger charge is -2.42. The Morgan fingerprint density at radius 1 is 1.21 bits per heavy atom. The van der Waals surface area contributed by atoms with Gasteiger partial charge in [0, 0.05) is 17.8 Å². The summed E-state index contributed by atoms with van der Waals surface area (Å²) in [4.78, 5) is 2.66. The van der Waals surface area contributed by atoms with E-state index < -0.39 is 0 Å². The highest BCUT2D eigenvalue weighted by atomic mass is 16.3. The quantitative estimate of drug-likeness (QED) is 0.309. The normalized spacial score (nSPS) is 18.8. The highest BCUT2D eigenvalue weighted by Crippen LogP contribution is 2.33. The van der Waals surface area contributed by atoms with Gasteiger partial charge in [0.1, 0.15) is 11.6 Å². The van der Waals surface area contributed by atoms with Crippen molar-refractivity contribution in [3.63, 3.8) is 0 Å². The van der Waals surface area contributed by atoms with Gasteiger partial charge in [-0.25, -0.2) is 0 Å². The van der Waals surface area contributed by atoms with Crippen molar-refractivity contribution >= 4 is 11.5 Å². The average molecular weight is 445 g/mol. The van der Waals surface area contributed by atoms with E-state index in [1.54, 1.807) is 24.4 Å². The Bertz CT molecular complexity index is 1110. The fourth-order valence-electron chi connectivity index (χ4n) is 4.60. The van der Waals surface area contributed by atoms with Gasteiger partial charge < -0.3 is 21.1 Å². The Labute approximate surface area is 195 Å². The van der Waals surface area contributed by atoms with Crippen molar-refractivity contribution in [2.24, 2.45) is 11.7 Å². The standard InChI is InChI=1S/C26H32N6O/c1-18(20-11-13-31(14-12-20)22-5-4-6-22)32-17-19(16-30-32)9-10-21(26(28)29)15-24(27)23-7-2-3-8-25(23)33/h2-3,7-8,15-18,20,22,27,33H,4-6,11-14H2,1H3,(H3,28,29)/b21-15-,27-24?. The lowest BCUT2D eigenvalue weighted by Crippen LogP contribution is -2.45. The first-order chi connectivity index (χ1) is 15.9. The van der Waals surface area contributed by atoms with Gasteiger partial charge in [0.25, 0.3) is 0 Å². The summed E-state index contributed by atoms with van der Waals surface area (Å²) < 4.78 is 1.99. The zero-order valence-corrected chi connectivity index (χ0v) is 19.1. The third-order valence-electron chi connectivity index (χ3n) is 6.98. The molecule has 2 heterocycles. The predicted molar refractivity (Wildman–Crippen MR) is 131 cm³/mol. The molecule has 2 fully saturated rings. The molecule has 1 saturated carbocycles. The van der Waals surface area contributed by atoms with E-state index in [0.717, 1.165) is 11.6 Å². The molecular weight excluding hydrogens is 412 g/mol. The number of aromatic hydroxyl groups is 1. The van der Waals surface area contributed by atoms with Crippen molar-refractivity contribution in [2.45, 2.75) is 51.1 Å². The number of phenolic OH excluding ortho intramolecular Hbond substituents is 1. The number of amidine groups is 1. The van der Waals surface area contributed by atoms with Crippen molar-refractivity contribution in [2.75, 3.05) is 13.1 Å².